The van der Waals surface area contributed by atoms with Crippen molar-refractivity contribution in [1.82, 2.24) is 14.9 Å². The standard InChI is InChI=1S/C21H21ClN4O3S/c1-28-17-11-15-16(12-18(17)29-2)24-21(22)25-19(15)23-14-5-3-13(4-6-14)20(27)26-7-9-30-10-8-26/h3-6,11-12H,7-10H2,1-2H3,(H,23,24,25). The van der Waals surface area contributed by atoms with E-state index in [0.717, 1.165) is 35.7 Å². The van der Waals surface area contributed by atoms with Crippen molar-refractivity contribution in [2.75, 3.05) is 44.1 Å². The maximum atomic E-state index is 12.7. The molecule has 1 aromatic heterocycles. The molecule has 0 atom stereocenters. The van der Waals surface area contributed by atoms with Crippen LogP contribution in [0.1, 0.15) is 10.4 Å². The first kappa shape index (κ1) is 20.6. The first-order valence-corrected chi connectivity index (χ1v) is 11.0. The van der Waals surface area contributed by atoms with Gasteiger partial charge >= 0.3 is 0 Å². The maximum absolute atomic E-state index is 12.7. The van der Waals surface area contributed by atoms with Gasteiger partial charge in [-0.25, -0.2) is 4.98 Å². The zero-order valence-electron chi connectivity index (χ0n) is 16.6. The van der Waals surface area contributed by atoms with Crippen LogP contribution in [0.5, 0.6) is 11.5 Å². The molecule has 0 saturated carbocycles. The number of fused-ring (bicyclic) bond motifs is 1. The van der Waals surface area contributed by atoms with Crippen LogP contribution in [0.3, 0.4) is 0 Å². The molecule has 1 aliphatic heterocycles. The zero-order chi connectivity index (χ0) is 21.1. The number of carbonyl (C=O) groups is 1. The monoisotopic (exact) mass is 444 g/mol. The average Bonchev–Trinajstić information content (AvgIpc) is 2.78. The lowest BCUT2D eigenvalue weighted by molar-refractivity contribution is 0.0772. The van der Waals surface area contributed by atoms with Gasteiger partial charge in [-0.2, -0.15) is 16.7 Å². The Balaban J connectivity index is 1.61. The summed E-state index contributed by atoms with van der Waals surface area (Å²) in [7, 11) is 3.14. The molecule has 30 heavy (non-hydrogen) atoms. The number of thioether (sulfide) groups is 1. The largest absolute Gasteiger partial charge is 0.493 e. The lowest BCUT2D eigenvalue weighted by Gasteiger charge is -2.26. The van der Waals surface area contributed by atoms with Crippen LogP contribution in [-0.4, -0.2) is 59.6 Å². The number of nitrogens with zero attached hydrogens (tertiary/aromatic N) is 3. The Morgan fingerprint density at radius 2 is 1.73 bits per heavy atom. The van der Waals surface area contributed by atoms with Gasteiger partial charge in [-0.3, -0.25) is 4.79 Å². The minimum atomic E-state index is 0.0641. The van der Waals surface area contributed by atoms with Gasteiger partial charge in [-0.15, -0.1) is 0 Å². The topological polar surface area (TPSA) is 76.6 Å². The van der Waals surface area contributed by atoms with Gasteiger partial charge < -0.3 is 19.7 Å². The van der Waals surface area contributed by atoms with Crippen molar-refractivity contribution in [2.45, 2.75) is 0 Å². The molecular weight excluding hydrogens is 424 g/mol. The van der Waals surface area contributed by atoms with E-state index in [1.54, 1.807) is 26.4 Å². The SMILES string of the molecule is COc1cc2nc(Cl)nc(Nc3ccc(C(=O)N4CCSCC4)cc3)c2cc1OC. The molecule has 156 valence electrons. The molecular formula is C21H21ClN4O3S. The van der Waals surface area contributed by atoms with E-state index in [9.17, 15) is 4.79 Å². The molecule has 1 N–H and O–H groups in total. The van der Waals surface area contributed by atoms with Gasteiger partial charge in [0.05, 0.1) is 19.7 Å². The second-order valence-corrected chi connectivity index (χ2v) is 8.24. The number of aromatic nitrogens is 2. The lowest BCUT2D eigenvalue weighted by atomic mass is 10.1. The van der Waals surface area contributed by atoms with Crippen LogP contribution in [0.4, 0.5) is 11.5 Å². The van der Waals surface area contributed by atoms with Gasteiger partial charge in [0.2, 0.25) is 5.28 Å². The molecule has 0 spiro atoms. The molecule has 0 radical (unpaired) electrons. The summed E-state index contributed by atoms with van der Waals surface area (Å²) in [6.07, 6.45) is 0. The van der Waals surface area contributed by atoms with Crippen molar-refractivity contribution >= 4 is 51.7 Å². The van der Waals surface area contributed by atoms with Crippen molar-refractivity contribution in [1.29, 1.82) is 0 Å². The summed E-state index contributed by atoms with van der Waals surface area (Å²) in [6, 6.07) is 10.9. The van der Waals surface area contributed by atoms with Crippen LogP contribution >= 0.6 is 23.4 Å². The van der Waals surface area contributed by atoms with Gasteiger partial charge in [0.25, 0.3) is 5.91 Å². The Hall–Kier alpha value is -2.71. The van der Waals surface area contributed by atoms with Crippen molar-refractivity contribution in [3.63, 3.8) is 0 Å². The molecule has 1 fully saturated rings. The molecule has 0 unspecified atom stereocenters. The van der Waals surface area contributed by atoms with Gasteiger partial charge in [0, 0.05) is 47.3 Å². The molecule has 7 nitrogen and oxygen atoms in total. The number of carbonyl (C=O) groups excluding carboxylic acids is 1. The number of hydrogen-bond acceptors (Lipinski definition) is 7. The van der Waals surface area contributed by atoms with Crippen LogP contribution in [0.2, 0.25) is 5.28 Å². The van der Waals surface area contributed by atoms with E-state index in [4.69, 9.17) is 21.1 Å². The molecule has 9 heteroatoms. The number of benzene rings is 2. The van der Waals surface area contributed by atoms with E-state index >= 15 is 0 Å². The highest BCUT2D eigenvalue weighted by atomic mass is 35.5. The van der Waals surface area contributed by atoms with E-state index in [1.165, 1.54) is 0 Å². The second-order valence-electron chi connectivity index (χ2n) is 6.67. The molecule has 1 aliphatic rings. The summed E-state index contributed by atoms with van der Waals surface area (Å²) >= 11 is 8.00. The van der Waals surface area contributed by atoms with Crippen molar-refractivity contribution in [3.05, 3.63) is 47.2 Å². The Bertz CT molecular complexity index is 1070. The number of anilines is 2. The smallest absolute Gasteiger partial charge is 0.253 e. The summed E-state index contributed by atoms with van der Waals surface area (Å²) < 4.78 is 10.7. The Morgan fingerprint density at radius 1 is 1.07 bits per heavy atom. The highest BCUT2D eigenvalue weighted by Gasteiger charge is 2.18. The van der Waals surface area contributed by atoms with E-state index in [1.807, 2.05) is 40.9 Å². The third-order valence-corrected chi connectivity index (χ3v) is 5.98. The average molecular weight is 445 g/mol. The van der Waals surface area contributed by atoms with E-state index in [0.29, 0.717) is 28.4 Å². The minimum absolute atomic E-state index is 0.0641. The van der Waals surface area contributed by atoms with Crippen molar-refractivity contribution in [2.24, 2.45) is 0 Å². The third kappa shape index (κ3) is 4.24. The predicted molar refractivity (Wildman–Crippen MR) is 121 cm³/mol. The fraction of sp³-hybridized carbons (Fsp3) is 0.286. The molecule has 3 aromatic rings. The number of amides is 1. The van der Waals surface area contributed by atoms with E-state index < -0.39 is 0 Å². The van der Waals surface area contributed by atoms with Crippen LogP contribution in [0.15, 0.2) is 36.4 Å². The third-order valence-electron chi connectivity index (χ3n) is 4.87. The molecule has 0 aliphatic carbocycles. The predicted octanol–water partition coefficient (Wildman–Crippen LogP) is 4.23. The Kier molecular flexibility index (Phi) is 6.15. The zero-order valence-corrected chi connectivity index (χ0v) is 18.2. The fourth-order valence-electron chi connectivity index (χ4n) is 3.30. The van der Waals surface area contributed by atoms with Gasteiger partial charge in [-0.05, 0) is 41.9 Å². The normalized spacial score (nSPS) is 13.9. The van der Waals surface area contributed by atoms with Gasteiger partial charge in [0.1, 0.15) is 5.82 Å². The van der Waals surface area contributed by atoms with Crippen LogP contribution < -0.4 is 14.8 Å². The van der Waals surface area contributed by atoms with E-state index in [-0.39, 0.29) is 11.2 Å². The lowest BCUT2D eigenvalue weighted by Crippen LogP contribution is -2.37. The maximum Gasteiger partial charge on any atom is 0.253 e. The number of ether oxygens (including phenoxy) is 2. The molecule has 0 bridgehead atoms. The van der Waals surface area contributed by atoms with Crippen molar-refractivity contribution < 1.29 is 14.3 Å². The Morgan fingerprint density at radius 3 is 2.40 bits per heavy atom. The Labute approximate surface area is 183 Å². The summed E-state index contributed by atoms with van der Waals surface area (Å²) in [5.41, 5.74) is 2.08. The highest BCUT2D eigenvalue weighted by molar-refractivity contribution is 7.99. The summed E-state index contributed by atoms with van der Waals surface area (Å²) in [6.45, 7) is 1.58. The highest BCUT2D eigenvalue weighted by Crippen LogP contribution is 2.35. The number of halogens is 1. The molecule has 4 rings (SSSR count). The summed E-state index contributed by atoms with van der Waals surface area (Å²) in [5.74, 6) is 3.71. The summed E-state index contributed by atoms with van der Waals surface area (Å²) in [5, 5.41) is 4.12. The minimum Gasteiger partial charge on any atom is -0.493 e. The molecule has 1 amide bonds. The molecule has 2 heterocycles. The number of hydrogen-bond donors (Lipinski definition) is 1. The number of rotatable bonds is 5. The number of nitrogens with one attached hydrogen (secondary N) is 1. The van der Waals surface area contributed by atoms with Crippen LogP contribution in [0.25, 0.3) is 10.9 Å². The number of methoxy groups -OCH3 is 2. The second kappa shape index (κ2) is 8.97. The van der Waals surface area contributed by atoms with E-state index in [2.05, 4.69) is 15.3 Å². The van der Waals surface area contributed by atoms with Crippen LogP contribution in [-0.2, 0) is 0 Å². The molecule has 2 aromatic carbocycles. The fourth-order valence-corrected chi connectivity index (χ4v) is 4.38. The van der Waals surface area contributed by atoms with Crippen molar-refractivity contribution in [3.8, 4) is 11.5 Å². The molecule has 1 saturated heterocycles. The first-order chi connectivity index (χ1) is 14.6. The van der Waals surface area contributed by atoms with Gasteiger partial charge in [0.15, 0.2) is 11.5 Å². The van der Waals surface area contributed by atoms with Crippen LogP contribution in [0, 0.1) is 0 Å². The quantitative estimate of drug-likeness (QED) is 0.590. The van der Waals surface area contributed by atoms with Gasteiger partial charge in [-0.1, -0.05) is 0 Å². The summed E-state index contributed by atoms with van der Waals surface area (Å²) in [4.78, 5) is 23.2. The first-order valence-electron chi connectivity index (χ1n) is 9.42.